The summed E-state index contributed by atoms with van der Waals surface area (Å²) in [4.78, 5) is 0. The Labute approximate surface area is 162 Å². The van der Waals surface area contributed by atoms with Crippen LogP contribution in [-0.2, 0) is 35.4 Å². The molecule has 0 aliphatic carbocycles. The molecule has 4 N–H and O–H groups in total. The van der Waals surface area contributed by atoms with Crippen molar-refractivity contribution in [1.29, 1.82) is 0 Å². The van der Waals surface area contributed by atoms with E-state index in [1.165, 1.54) is 0 Å². The fourth-order valence-corrected chi connectivity index (χ4v) is 3.02. The Morgan fingerprint density at radius 2 is 1.29 bits per heavy atom. The summed E-state index contributed by atoms with van der Waals surface area (Å²) in [5, 5.41) is 2.86. The molecule has 0 saturated carbocycles. The predicted octanol–water partition coefficient (Wildman–Crippen LogP) is 0.298. The standard InChI is InChI=1S/C12H19NO12S3/c1-12(2,3)13-7-11(25-28(20,21)22)8-4-9(23-26(14,15)16)6-10(5-8)24-27(17,18)19/h4-6,11,13H,7H2,1-3H3,(H,14,15,16)(H,17,18,19)(H,20,21,22). The van der Waals surface area contributed by atoms with Gasteiger partial charge in [-0.05, 0) is 38.5 Å². The molecule has 0 spiro atoms. The second kappa shape index (κ2) is 8.46. The number of hydrogen-bond donors (Lipinski definition) is 4. The molecule has 28 heavy (non-hydrogen) atoms. The molecule has 0 aliphatic heterocycles. The molecule has 13 nitrogen and oxygen atoms in total. The summed E-state index contributed by atoms with van der Waals surface area (Å²) in [6, 6.07) is 2.43. The Kier molecular flexibility index (Phi) is 7.40. The fraction of sp³-hybridized carbons (Fsp3) is 0.500. The van der Waals surface area contributed by atoms with E-state index in [0.29, 0.717) is 6.07 Å². The molecule has 0 fully saturated rings. The van der Waals surface area contributed by atoms with Crippen molar-refractivity contribution >= 4 is 31.2 Å². The highest BCUT2D eigenvalue weighted by Crippen LogP contribution is 2.30. The first-order chi connectivity index (χ1) is 12.3. The summed E-state index contributed by atoms with van der Waals surface area (Å²) in [5.74, 6) is -1.39. The highest BCUT2D eigenvalue weighted by atomic mass is 32.3. The van der Waals surface area contributed by atoms with E-state index in [1.54, 1.807) is 20.8 Å². The largest absolute Gasteiger partial charge is 0.446 e. The van der Waals surface area contributed by atoms with Crippen LogP contribution in [0.3, 0.4) is 0 Å². The molecule has 0 saturated heterocycles. The van der Waals surface area contributed by atoms with Crippen LogP contribution in [-0.4, -0.2) is 51.0 Å². The van der Waals surface area contributed by atoms with Gasteiger partial charge in [0.25, 0.3) is 0 Å². The maximum Gasteiger partial charge on any atom is 0.446 e. The van der Waals surface area contributed by atoms with Crippen LogP contribution in [0.25, 0.3) is 0 Å². The summed E-state index contributed by atoms with van der Waals surface area (Å²) >= 11 is 0. The lowest BCUT2D eigenvalue weighted by molar-refractivity contribution is 0.170. The Morgan fingerprint density at radius 3 is 1.61 bits per heavy atom. The average molecular weight is 465 g/mol. The van der Waals surface area contributed by atoms with Crippen LogP contribution < -0.4 is 13.7 Å². The van der Waals surface area contributed by atoms with E-state index in [0.717, 1.165) is 12.1 Å². The number of nitrogens with one attached hydrogen (secondary N) is 1. The van der Waals surface area contributed by atoms with E-state index in [4.69, 9.17) is 13.7 Å². The molecule has 1 aromatic carbocycles. The monoisotopic (exact) mass is 465 g/mol. The lowest BCUT2D eigenvalue weighted by Gasteiger charge is -2.25. The first-order valence-corrected chi connectivity index (χ1v) is 11.3. The van der Waals surface area contributed by atoms with Crippen LogP contribution in [0.1, 0.15) is 32.4 Å². The summed E-state index contributed by atoms with van der Waals surface area (Å²) in [7, 11) is -15.1. The Hall–Kier alpha value is -1.53. The van der Waals surface area contributed by atoms with Crippen molar-refractivity contribution in [2.24, 2.45) is 0 Å². The third-order valence-corrected chi connectivity index (χ3v) is 4.01. The van der Waals surface area contributed by atoms with Crippen molar-refractivity contribution in [3.05, 3.63) is 23.8 Å². The molecule has 0 heterocycles. The van der Waals surface area contributed by atoms with Gasteiger partial charge in [-0.2, -0.15) is 25.3 Å². The number of hydrogen-bond acceptors (Lipinski definition) is 10. The van der Waals surface area contributed by atoms with Gasteiger partial charge in [0.15, 0.2) is 0 Å². The van der Waals surface area contributed by atoms with Gasteiger partial charge in [-0.3, -0.25) is 13.7 Å². The second-order valence-corrected chi connectivity index (χ2v) is 9.50. The Bertz CT molecular complexity index is 956. The SMILES string of the molecule is CC(C)(C)NCC(OS(=O)(=O)O)c1cc(OS(=O)(=O)O)cc(OS(=O)(=O)O)c1. The summed E-state index contributed by atoms with van der Waals surface area (Å²) < 4.78 is 105. The minimum atomic E-state index is -5.04. The van der Waals surface area contributed by atoms with Crippen LogP contribution in [0.15, 0.2) is 18.2 Å². The van der Waals surface area contributed by atoms with E-state index in [9.17, 15) is 25.3 Å². The smallest absolute Gasteiger partial charge is 0.362 e. The summed E-state index contributed by atoms with van der Waals surface area (Å²) in [6.45, 7) is 4.91. The molecule has 0 radical (unpaired) electrons. The minimum absolute atomic E-state index is 0.242. The lowest BCUT2D eigenvalue weighted by atomic mass is 10.1. The van der Waals surface area contributed by atoms with E-state index in [2.05, 4.69) is 17.9 Å². The van der Waals surface area contributed by atoms with E-state index in [1.807, 2.05) is 0 Å². The van der Waals surface area contributed by atoms with Crippen LogP contribution in [0.2, 0.25) is 0 Å². The topological polar surface area (TPSA) is 203 Å². The zero-order valence-electron chi connectivity index (χ0n) is 14.8. The number of benzene rings is 1. The van der Waals surface area contributed by atoms with E-state index in [-0.39, 0.29) is 12.1 Å². The quantitative estimate of drug-likeness (QED) is 0.363. The summed E-state index contributed by atoms with van der Waals surface area (Å²) in [6.07, 6.45) is -1.51. The van der Waals surface area contributed by atoms with Gasteiger partial charge in [0.1, 0.15) is 17.6 Å². The highest BCUT2D eigenvalue weighted by molar-refractivity contribution is 7.81. The molecule has 1 rings (SSSR count). The zero-order chi connectivity index (χ0) is 22.0. The minimum Gasteiger partial charge on any atom is -0.362 e. The van der Waals surface area contributed by atoms with Gasteiger partial charge in [0.2, 0.25) is 0 Å². The zero-order valence-corrected chi connectivity index (χ0v) is 17.2. The van der Waals surface area contributed by atoms with Crippen LogP contribution >= 0.6 is 0 Å². The molecule has 1 atom stereocenters. The molecule has 1 aromatic rings. The van der Waals surface area contributed by atoms with Crippen molar-refractivity contribution in [3.63, 3.8) is 0 Å². The van der Waals surface area contributed by atoms with Gasteiger partial charge in [-0.25, -0.2) is 4.18 Å². The van der Waals surface area contributed by atoms with Crippen molar-refractivity contribution in [1.82, 2.24) is 5.32 Å². The molecular formula is C12H19NO12S3. The molecule has 162 valence electrons. The molecule has 1 unspecified atom stereocenters. The highest BCUT2D eigenvalue weighted by Gasteiger charge is 2.24. The van der Waals surface area contributed by atoms with Gasteiger partial charge in [-0.15, -0.1) is 0 Å². The van der Waals surface area contributed by atoms with Crippen molar-refractivity contribution in [2.45, 2.75) is 32.4 Å². The molecule has 0 aromatic heterocycles. The normalized spacial score (nSPS) is 14.5. The van der Waals surface area contributed by atoms with Crippen molar-refractivity contribution in [3.8, 4) is 11.5 Å². The van der Waals surface area contributed by atoms with Gasteiger partial charge in [0.05, 0.1) is 0 Å². The van der Waals surface area contributed by atoms with Gasteiger partial charge in [0, 0.05) is 18.2 Å². The predicted molar refractivity (Wildman–Crippen MR) is 93.9 cm³/mol. The fourth-order valence-electron chi connectivity index (χ4n) is 1.87. The van der Waals surface area contributed by atoms with E-state index >= 15 is 0 Å². The van der Waals surface area contributed by atoms with Crippen LogP contribution in [0.4, 0.5) is 0 Å². The Balaban J connectivity index is 3.46. The van der Waals surface area contributed by atoms with Gasteiger partial charge < -0.3 is 13.7 Å². The second-order valence-electron chi connectivity index (χ2n) is 6.40. The van der Waals surface area contributed by atoms with Crippen molar-refractivity contribution in [2.75, 3.05) is 6.54 Å². The third kappa shape index (κ3) is 10.7. The molecular weight excluding hydrogens is 446 g/mol. The number of rotatable bonds is 9. The first-order valence-electron chi connectivity index (χ1n) is 7.22. The molecule has 0 bridgehead atoms. The molecule has 0 aliphatic rings. The molecule has 16 heteroatoms. The van der Waals surface area contributed by atoms with Crippen molar-refractivity contribution < 1.29 is 51.5 Å². The average Bonchev–Trinajstić information content (AvgIpc) is 2.36. The van der Waals surface area contributed by atoms with Gasteiger partial charge >= 0.3 is 31.2 Å². The lowest BCUT2D eigenvalue weighted by Crippen LogP contribution is -2.39. The maximum atomic E-state index is 11.1. The van der Waals surface area contributed by atoms with Crippen LogP contribution in [0, 0.1) is 0 Å². The van der Waals surface area contributed by atoms with Gasteiger partial charge in [-0.1, -0.05) is 0 Å². The summed E-state index contributed by atoms with van der Waals surface area (Å²) in [5.41, 5.74) is -0.786. The molecule has 0 amide bonds. The maximum absolute atomic E-state index is 11.1. The van der Waals surface area contributed by atoms with E-state index < -0.39 is 54.3 Å². The third-order valence-electron chi connectivity index (χ3n) is 2.73. The Morgan fingerprint density at radius 1 is 0.857 bits per heavy atom. The van der Waals surface area contributed by atoms with Crippen LogP contribution in [0.5, 0.6) is 11.5 Å². The first kappa shape index (κ1) is 24.5.